The number of aliphatic hydroxyl groups is 2. The molecule has 0 aliphatic heterocycles. The number of amides is 1. The van der Waals surface area contributed by atoms with Crippen molar-refractivity contribution in [1.82, 2.24) is 4.90 Å². The minimum atomic E-state index is -2.11. The van der Waals surface area contributed by atoms with Gasteiger partial charge in [0.2, 0.25) is 5.78 Å². The summed E-state index contributed by atoms with van der Waals surface area (Å²) in [6, 6.07) is 3.91. The zero-order valence-corrected chi connectivity index (χ0v) is 19.2. The summed E-state index contributed by atoms with van der Waals surface area (Å²) in [6.45, 7) is 0. The lowest BCUT2D eigenvalue weighted by molar-refractivity contribution is -0.159. The van der Waals surface area contributed by atoms with Crippen molar-refractivity contribution in [1.29, 1.82) is 0 Å². The number of likely N-dealkylation sites (N-methyl/N-ethyl adjacent to an activating group) is 1. The van der Waals surface area contributed by atoms with Crippen LogP contribution in [-0.2, 0) is 30.3 Å². The van der Waals surface area contributed by atoms with E-state index in [1.165, 1.54) is 20.3 Å². The highest BCUT2D eigenvalue weighted by molar-refractivity contribution is 6.24. The second-order valence-corrected chi connectivity index (χ2v) is 8.97. The Hall–Kier alpha value is -3.50. The zero-order chi connectivity index (χ0) is 25.1. The van der Waals surface area contributed by atoms with Gasteiger partial charge in [-0.3, -0.25) is 19.3 Å². The van der Waals surface area contributed by atoms with E-state index >= 15 is 0 Å². The Bertz CT molecular complexity index is 1200. The maximum absolute atomic E-state index is 14.0. The lowest BCUT2D eigenvalue weighted by atomic mass is 9.57. The highest BCUT2D eigenvalue weighted by Gasteiger charge is 2.65. The smallest absolute Gasteiger partial charge is 0.338 e. The molecule has 0 unspecified atom stereocenters. The molecule has 10 heteroatoms. The van der Waals surface area contributed by atoms with E-state index in [1.54, 1.807) is 31.1 Å². The van der Waals surface area contributed by atoms with Gasteiger partial charge in [-0.05, 0) is 44.5 Å². The van der Waals surface area contributed by atoms with Gasteiger partial charge in [-0.25, -0.2) is 4.79 Å². The molecule has 4 N–H and O–H groups in total. The van der Waals surface area contributed by atoms with Gasteiger partial charge >= 0.3 is 5.97 Å². The van der Waals surface area contributed by atoms with Gasteiger partial charge in [-0.1, -0.05) is 12.1 Å². The van der Waals surface area contributed by atoms with Crippen LogP contribution in [0.2, 0.25) is 0 Å². The summed E-state index contributed by atoms with van der Waals surface area (Å²) in [7, 11) is 5.64. The average Bonchev–Trinajstić information content (AvgIpc) is 2.77. The molecule has 10 nitrogen and oxygen atoms in total. The highest BCUT2D eigenvalue weighted by Crippen LogP contribution is 2.53. The maximum atomic E-state index is 14.0. The number of carbonyl (C=O) groups excluding carboxylic acids is 4. The fourth-order valence-corrected chi connectivity index (χ4v) is 5.80. The quantitative estimate of drug-likeness (QED) is 0.426. The molecule has 1 saturated carbocycles. The van der Waals surface area contributed by atoms with Gasteiger partial charge in [0, 0.05) is 24.2 Å². The van der Waals surface area contributed by atoms with Crippen LogP contribution in [0.1, 0.15) is 27.9 Å². The summed E-state index contributed by atoms with van der Waals surface area (Å²) < 4.78 is 10.4. The van der Waals surface area contributed by atoms with Gasteiger partial charge < -0.3 is 25.4 Å². The van der Waals surface area contributed by atoms with Gasteiger partial charge in [-0.2, -0.15) is 0 Å². The first-order chi connectivity index (χ1) is 16.0. The van der Waals surface area contributed by atoms with Crippen molar-refractivity contribution in [2.75, 3.05) is 28.3 Å². The molecule has 3 aliphatic carbocycles. The van der Waals surface area contributed by atoms with Gasteiger partial charge in [0.15, 0.2) is 11.4 Å². The molecule has 0 spiro atoms. The molecule has 34 heavy (non-hydrogen) atoms. The average molecular weight is 470 g/mol. The molecule has 0 saturated heterocycles. The van der Waals surface area contributed by atoms with E-state index in [1.807, 2.05) is 0 Å². The predicted octanol–water partition coefficient (Wildman–Crippen LogP) is 0.699. The predicted molar refractivity (Wildman–Crippen MR) is 119 cm³/mol. The third-order valence-corrected chi connectivity index (χ3v) is 7.17. The summed E-state index contributed by atoms with van der Waals surface area (Å²) in [5, 5.41) is 22.4. The van der Waals surface area contributed by atoms with E-state index in [0.717, 1.165) is 0 Å². The van der Waals surface area contributed by atoms with Crippen molar-refractivity contribution in [3.63, 3.8) is 0 Å². The van der Waals surface area contributed by atoms with Crippen molar-refractivity contribution < 1.29 is 38.9 Å². The number of carbonyl (C=O) groups is 4. The van der Waals surface area contributed by atoms with E-state index in [4.69, 9.17) is 15.2 Å². The Morgan fingerprint density at radius 1 is 1.18 bits per heavy atom. The SMILES string of the molecule is COC(=O)c1cccc2c1C(O)=C1C(=O)[C@]3(OC)C(O)=C(C(N)=O)C(=O)[C@@H](N(C)C)[C@@H]3C[C@@H]1C2. The molecule has 1 fully saturated rings. The summed E-state index contributed by atoms with van der Waals surface area (Å²) >= 11 is 0. The molecule has 0 aromatic heterocycles. The standard InChI is InChI=1S/C24H26N2O8/c1-26(2)17-13-9-11-8-10-6-5-7-12(23(32)33-3)14(10)18(27)15(11)20(29)24(13,34-4)21(30)16(19(17)28)22(25)31/h5-7,11,13,17,27,30H,8-9H2,1-4H3,(H2,25,31)/t11-,13-,17-,24-/m0/s1. The van der Waals surface area contributed by atoms with Crippen LogP contribution in [0.3, 0.4) is 0 Å². The van der Waals surface area contributed by atoms with Gasteiger partial charge in [0.05, 0.1) is 18.7 Å². The first-order valence-electron chi connectivity index (χ1n) is 10.7. The molecular formula is C24H26N2O8. The van der Waals surface area contributed by atoms with Crippen LogP contribution in [0.4, 0.5) is 0 Å². The van der Waals surface area contributed by atoms with Crippen LogP contribution in [0, 0.1) is 11.8 Å². The molecule has 3 aliphatic rings. The largest absolute Gasteiger partial charge is 0.508 e. The molecule has 1 aromatic rings. The second kappa shape index (κ2) is 8.07. The van der Waals surface area contributed by atoms with Crippen molar-refractivity contribution in [3.05, 3.63) is 51.8 Å². The number of ether oxygens (including phenoxy) is 2. The van der Waals surface area contributed by atoms with E-state index in [-0.39, 0.29) is 23.1 Å². The molecule has 1 amide bonds. The molecule has 180 valence electrons. The van der Waals surface area contributed by atoms with Crippen LogP contribution >= 0.6 is 0 Å². The molecule has 4 atom stereocenters. The molecular weight excluding hydrogens is 444 g/mol. The minimum absolute atomic E-state index is 0.0378. The number of benzene rings is 1. The Kier molecular flexibility index (Phi) is 5.61. The molecule has 0 bridgehead atoms. The number of methoxy groups -OCH3 is 2. The lowest BCUT2D eigenvalue weighted by Crippen LogP contribution is -2.66. The number of fused-ring (bicyclic) bond motifs is 3. The number of esters is 1. The number of primary amides is 1. The summed E-state index contributed by atoms with van der Waals surface area (Å²) in [4.78, 5) is 53.2. The van der Waals surface area contributed by atoms with Gasteiger partial charge in [0.1, 0.15) is 17.1 Å². The Balaban J connectivity index is 2.01. The second-order valence-electron chi connectivity index (χ2n) is 8.97. The first-order valence-corrected chi connectivity index (χ1v) is 10.7. The first kappa shape index (κ1) is 23.7. The third-order valence-electron chi connectivity index (χ3n) is 7.17. The van der Waals surface area contributed by atoms with Crippen molar-refractivity contribution >= 4 is 29.2 Å². The monoisotopic (exact) mass is 470 g/mol. The molecule has 1 aromatic carbocycles. The summed E-state index contributed by atoms with van der Waals surface area (Å²) in [5.74, 6) is -5.98. The van der Waals surface area contributed by atoms with E-state index < -0.39 is 64.0 Å². The number of hydrogen-bond acceptors (Lipinski definition) is 9. The summed E-state index contributed by atoms with van der Waals surface area (Å²) in [6.07, 6.45) is 0.495. The van der Waals surface area contributed by atoms with E-state index in [9.17, 15) is 29.4 Å². The fourth-order valence-electron chi connectivity index (χ4n) is 5.80. The molecule has 0 radical (unpaired) electrons. The van der Waals surface area contributed by atoms with Crippen molar-refractivity contribution in [2.45, 2.75) is 24.5 Å². The minimum Gasteiger partial charge on any atom is -0.508 e. The lowest BCUT2D eigenvalue weighted by Gasteiger charge is -2.51. The van der Waals surface area contributed by atoms with Crippen LogP contribution in [0.25, 0.3) is 5.76 Å². The topological polar surface area (TPSA) is 156 Å². The third kappa shape index (κ3) is 2.95. The Morgan fingerprint density at radius 2 is 1.85 bits per heavy atom. The van der Waals surface area contributed by atoms with Crippen LogP contribution in [0.5, 0.6) is 0 Å². The van der Waals surface area contributed by atoms with Crippen molar-refractivity contribution in [2.24, 2.45) is 17.6 Å². The van der Waals surface area contributed by atoms with E-state index in [0.29, 0.717) is 12.0 Å². The van der Waals surface area contributed by atoms with Crippen LogP contribution in [0.15, 0.2) is 35.1 Å². The van der Waals surface area contributed by atoms with Crippen LogP contribution < -0.4 is 5.73 Å². The number of Topliss-reactive ketones (excluding diaryl/α,β-unsaturated/α-hetero) is 2. The number of nitrogens with two attached hydrogens (primary N) is 1. The Labute approximate surface area is 195 Å². The Morgan fingerprint density at radius 3 is 2.41 bits per heavy atom. The number of ketones is 2. The summed E-state index contributed by atoms with van der Waals surface area (Å²) in [5.41, 5.74) is 3.47. The molecule has 4 rings (SSSR count). The van der Waals surface area contributed by atoms with Crippen LogP contribution in [-0.4, -0.2) is 78.5 Å². The van der Waals surface area contributed by atoms with Gasteiger partial charge in [-0.15, -0.1) is 0 Å². The maximum Gasteiger partial charge on any atom is 0.338 e. The number of hydrogen-bond donors (Lipinski definition) is 3. The number of nitrogens with zero attached hydrogens (tertiary/aromatic N) is 1. The highest BCUT2D eigenvalue weighted by atomic mass is 16.5. The molecule has 0 heterocycles. The normalized spacial score (nSPS) is 28.4. The van der Waals surface area contributed by atoms with Crippen molar-refractivity contribution in [3.8, 4) is 0 Å². The van der Waals surface area contributed by atoms with Gasteiger partial charge in [0.25, 0.3) is 5.91 Å². The zero-order valence-electron chi connectivity index (χ0n) is 19.2. The number of rotatable bonds is 4. The fraction of sp³-hybridized carbons (Fsp3) is 0.417. The van der Waals surface area contributed by atoms with E-state index in [2.05, 4.69) is 0 Å². The number of aliphatic hydroxyl groups excluding tert-OH is 2.